The first-order valence-corrected chi connectivity index (χ1v) is 9.65. The van der Waals surface area contributed by atoms with Gasteiger partial charge >= 0.3 is 12.1 Å². The molecule has 28 heavy (non-hydrogen) atoms. The van der Waals surface area contributed by atoms with Crippen LogP contribution in [0.3, 0.4) is 0 Å². The van der Waals surface area contributed by atoms with Gasteiger partial charge in [0.1, 0.15) is 17.2 Å². The van der Waals surface area contributed by atoms with Gasteiger partial charge in [-0.1, -0.05) is 0 Å². The molecule has 0 aliphatic carbocycles. The van der Waals surface area contributed by atoms with E-state index >= 15 is 0 Å². The molecule has 0 radical (unpaired) electrons. The van der Waals surface area contributed by atoms with E-state index in [1.165, 1.54) is 12.1 Å². The Bertz CT molecular complexity index is 687. The number of aryl methyl sites for hydroxylation is 1. The molecule has 2 rings (SSSR count). The number of nitrogens with zero attached hydrogens (tertiary/aromatic N) is 1. The fourth-order valence-electron chi connectivity index (χ4n) is 3.42. The van der Waals surface area contributed by atoms with Crippen LogP contribution in [-0.2, 0) is 20.7 Å². The molecular weight excluding hydrogens is 368 g/mol. The molecule has 1 fully saturated rings. The van der Waals surface area contributed by atoms with Crippen LogP contribution in [0.25, 0.3) is 0 Å². The normalized spacial score (nSPS) is 16.6. The van der Waals surface area contributed by atoms with Gasteiger partial charge in [0, 0.05) is 19.2 Å². The molecule has 1 aliphatic heterocycles. The van der Waals surface area contributed by atoms with E-state index in [-0.39, 0.29) is 12.6 Å². The summed E-state index contributed by atoms with van der Waals surface area (Å²) in [5.41, 5.74) is -0.873. The largest absolute Gasteiger partial charge is 0.466 e. The van der Waals surface area contributed by atoms with Crippen molar-refractivity contribution in [3.05, 3.63) is 35.4 Å². The lowest BCUT2D eigenvalue weighted by Crippen LogP contribution is -2.48. The molecule has 0 N–H and O–H groups in total. The Morgan fingerprint density at radius 1 is 1.11 bits per heavy atom. The Hall–Kier alpha value is -2.18. The quantitative estimate of drug-likeness (QED) is 0.688. The Labute approximate surface area is 165 Å². The maximum Gasteiger partial charge on any atom is 0.410 e. The van der Waals surface area contributed by atoms with Crippen LogP contribution in [0.4, 0.5) is 13.6 Å². The predicted molar refractivity (Wildman–Crippen MR) is 101 cm³/mol. The third-order valence-electron chi connectivity index (χ3n) is 4.90. The zero-order valence-corrected chi connectivity index (χ0v) is 17.0. The van der Waals surface area contributed by atoms with E-state index in [0.29, 0.717) is 44.3 Å². The molecule has 0 atom stereocenters. The van der Waals surface area contributed by atoms with Crippen LogP contribution in [0.1, 0.15) is 52.5 Å². The number of piperidine rings is 1. The SMILES string of the molecule is CCOC(=O)C1(CCc2cc(F)cc(F)c2)CCN(C(=O)OC(C)(C)C)CC1. The monoisotopic (exact) mass is 397 g/mol. The number of benzene rings is 1. The van der Waals surface area contributed by atoms with Crippen molar-refractivity contribution >= 4 is 12.1 Å². The standard InChI is InChI=1S/C21H29F2NO4/c1-5-27-18(25)21(7-6-15-12-16(22)14-17(23)13-15)8-10-24(11-9-21)19(26)28-20(2,3)4/h12-14H,5-11H2,1-4H3. The molecule has 0 saturated carbocycles. The number of hydrogen-bond donors (Lipinski definition) is 0. The highest BCUT2D eigenvalue weighted by Gasteiger charge is 2.43. The lowest BCUT2D eigenvalue weighted by atomic mass is 9.74. The highest BCUT2D eigenvalue weighted by molar-refractivity contribution is 5.77. The summed E-state index contributed by atoms with van der Waals surface area (Å²) >= 11 is 0. The highest BCUT2D eigenvalue weighted by Crippen LogP contribution is 2.38. The number of ether oxygens (including phenoxy) is 2. The van der Waals surface area contributed by atoms with Gasteiger partial charge in [-0.2, -0.15) is 0 Å². The lowest BCUT2D eigenvalue weighted by Gasteiger charge is -2.40. The van der Waals surface area contributed by atoms with Crippen LogP contribution in [0.5, 0.6) is 0 Å². The fraction of sp³-hybridized carbons (Fsp3) is 0.619. The predicted octanol–water partition coefficient (Wildman–Crippen LogP) is 4.48. The molecule has 5 nitrogen and oxygen atoms in total. The second-order valence-corrected chi connectivity index (χ2v) is 8.25. The number of carbonyl (C=O) groups excluding carboxylic acids is 2. The number of amides is 1. The van der Waals surface area contributed by atoms with E-state index in [1.54, 1.807) is 32.6 Å². The van der Waals surface area contributed by atoms with E-state index < -0.39 is 28.7 Å². The molecule has 1 heterocycles. The van der Waals surface area contributed by atoms with Crippen molar-refractivity contribution in [2.75, 3.05) is 19.7 Å². The summed E-state index contributed by atoms with van der Waals surface area (Å²) in [7, 11) is 0. The fourth-order valence-corrected chi connectivity index (χ4v) is 3.42. The van der Waals surface area contributed by atoms with Gasteiger partial charge in [-0.25, -0.2) is 13.6 Å². The Balaban J connectivity index is 2.08. The summed E-state index contributed by atoms with van der Waals surface area (Å²) in [5.74, 6) is -1.60. The Morgan fingerprint density at radius 2 is 1.68 bits per heavy atom. The molecule has 0 aromatic heterocycles. The van der Waals surface area contributed by atoms with Crippen LogP contribution in [0, 0.1) is 17.0 Å². The van der Waals surface area contributed by atoms with Gasteiger partial charge in [0.05, 0.1) is 12.0 Å². The molecule has 0 unspecified atom stereocenters. The maximum atomic E-state index is 13.5. The number of carbonyl (C=O) groups is 2. The van der Waals surface area contributed by atoms with E-state index in [1.807, 2.05) is 0 Å². The van der Waals surface area contributed by atoms with Crippen molar-refractivity contribution in [3.63, 3.8) is 0 Å². The first-order chi connectivity index (χ1) is 13.0. The molecule has 0 bridgehead atoms. The number of hydrogen-bond acceptors (Lipinski definition) is 4. The summed E-state index contributed by atoms with van der Waals surface area (Å²) in [6, 6.07) is 3.37. The van der Waals surface area contributed by atoms with E-state index in [4.69, 9.17) is 9.47 Å². The van der Waals surface area contributed by atoms with Crippen molar-refractivity contribution in [2.24, 2.45) is 5.41 Å². The van der Waals surface area contributed by atoms with Gasteiger partial charge in [0.2, 0.25) is 0 Å². The third-order valence-corrected chi connectivity index (χ3v) is 4.90. The molecule has 1 aliphatic rings. The number of rotatable bonds is 5. The maximum absolute atomic E-state index is 13.5. The van der Waals surface area contributed by atoms with Gasteiger partial charge in [-0.15, -0.1) is 0 Å². The van der Waals surface area contributed by atoms with Gasteiger partial charge < -0.3 is 14.4 Å². The van der Waals surface area contributed by atoms with Gasteiger partial charge in [0.15, 0.2) is 0 Å². The minimum absolute atomic E-state index is 0.255. The summed E-state index contributed by atoms with van der Waals surface area (Å²) in [6.45, 7) is 8.13. The van der Waals surface area contributed by atoms with E-state index in [2.05, 4.69) is 0 Å². The topological polar surface area (TPSA) is 55.8 Å². The van der Waals surface area contributed by atoms with E-state index in [9.17, 15) is 18.4 Å². The molecule has 1 aromatic rings. The zero-order valence-electron chi connectivity index (χ0n) is 17.0. The van der Waals surface area contributed by atoms with Crippen molar-refractivity contribution < 1.29 is 27.8 Å². The molecule has 1 saturated heterocycles. The molecule has 7 heteroatoms. The van der Waals surface area contributed by atoms with Crippen LogP contribution < -0.4 is 0 Å². The second kappa shape index (κ2) is 8.88. The minimum atomic E-state index is -0.780. The highest BCUT2D eigenvalue weighted by atomic mass is 19.1. The average molecular weight is 397 g/mol. The van der Waals surface area contributed by atoms with Gasteiger partial charge in [0.25, 0.3) is 0 Å². The van der Waals surface area contributed by atoms with Crippen molar-refractivity contribution in [1.29, 1.82) is 0 Å². The lowest BCUT2D eigenvalue weighted by molar-refractivity contribution is -0.159. The van der Waals surface area contributed by atoms with Crippen LogP contribution in [0.15, 0.2) is 18.2 Å². The number of likely N-dealkylation sites (tertiary alicyclic amines) is 1. The van der Waals surface area contributed by atoms with Crippen molar-refractivity contribution in [1.82, 2.24) is 4.90 Å². The molecule has 1 aromatic carbocycles. The summed E-state index contributed by atoms with van der Waals surface area (Å²) < 4.78 is 37.6. The third kappa shape index (κ3) is 5.91. The summed E-state index contributed by atoms with van der Waals surface area (Å²) in [5, 5.41) is 0. The van der Waals surface area contributed by atoms with Crippen molar-refractivity contribution in [2.45, 2.75) is 59.0 Å². The zero-order chi connectivity index (χ0) is 20.9. The summed E-state index contributed by atoms with van der Waals surface area (Å²) in [6.07, 6.45) is 1.18. The van der Waals surface area contributed by atoms with Crippen LogP contribution in [0.2, 0.25) is 0 Å². The van der Waals surface area contributed by atoms with Gasteiger partial charge in [-0.3, -0.25) is 4.79 Å². The minimum Gasteiger partial charge on any atom is -0.466 e. The smallest absolute Gasteiger partial charge is 0.410 e. The average Bonchev–Trinajstić information content (AvgIpc) is 2.58. The van der Waals surface area contributed by atoms with Crippen LogP contribution in [-0.4, -0.2) is 42.3 Å². The first kappa shape index (κ1) is 22.1. The Morgan fingerprint density at radius 3 is 2.18 bits per heavy atom. The first-order valence-electron chi connectivity index (χ1n) is 9.65. The number of esters is 1. The van der Waals surface area contributed by atoms with Crippen molar-refractivity contribution in [3.8, 4) is 0 Å². The Kier molecular flexibility index (Phi) is 7.01. The summed E-state index contributed by atoms with van der Waals surface area (Å²) in [4.78, 5) is 26.5. The molecule has 1 amide bonds. The molecule has 0 spiro atoms. The molecular formula is C21H29F2NO4. The number of halogens is 2. The molecule has 156 valence electrons. The van der Waals surface area contributed by atoms with Crippen LogP contribution >= 0.6 is 0 Å². The van der Waals surface area contributed by atoms with E-state index in [0.717, 1.165) is 6.07 Å². The second-order valence-electron chi connectivity index (χ2n) is 8.25. The van der Waals surface area contributed by atoms with Gasteiger partial charge in [-0.05, 0) is 71.1 Å².